The van der Waals surface area contributed by atoms with Crippen molar-refractivity contribution in [3.05, 3.63) is 21.9 Å². The maximum atomic E-state index is 11.2. The van der Waals surface area contributed by atoms with Crippen molar-refractivity contribution in [1.82, 2.24) is 5.06 Å². The van der Waals surface area contributed by atoms with Crippen LogP contribution >= 0.6 is 11.3 Å². The smallest absolute Gasteiger partial charge is 0.348 e. The Labute approximate surface area is 80.3 Å². The third-order valence-electron chi connectivity index (χ3n) is 1.52. The van der Waals surface area contributed by atoms with Gasteiger partial charge in [-0.15, -0.1) is 11.3 Å². The van der Waals surface area contributed by atoms with E-state index in [0.29, 0.717) is 11.4 Å². The second kappa shape index (κ2) is 4.36. The van der Waals surface area contributed by atoms with Gasteiger partial charge < -0.3 is 9.94 Å². The van der Waals surface area contributed by atoms with Crippen LogP contribution in [0.2, 0.25) is 0 Å². The second-order valence-corrected chi connectivity index (χ2v) is 3.50. The van der Waals surface area contributed by atoms with Crippen molar-refractivity contribution in [2.75, 3.05) is 14.2 Å². The van der Waals surface area contributed by atoms with Crippen LogP contribution < -0.4 is 0 Å². The van der Waals surface area contributed by atoms with Crippen molar-refractivity contribution in [3.63, 3.8) is 0 Å². The molecule has 0 radical (unpaired) electrons. The number of thiophene rings is 1. The molecule has 4 nitrogen and oxygen atoms in total. The molecule has 72 valence electrons. The van der Waals surface area contributed by atoms with Crippen molar-refractivity contribution < 1.29 is 14.7 Å². The monoisotopic (exact) mass is 201 g/mol. The first-order valence-corrected chi connectivity index (χ1v) is 4.57. The van der Waals surface area contributed by atoms with Crippen LogP contribution in [0.15, 0.2) is 11.4 Å². The summed E-state index contributed by atoms with van der Waals surface area (Å²) in [5.41, 5.74) is 0.779. The average Bonchev–Trinajstić information content (AvgIpc) is 2.50. The standard InChI is InChI=1S/C8H11NO3S/c1-9(11)5-6-3-4-13-7(6)8(10)12-2/h3-4,11H,5H2,1-2H3. The molecule has 13 heavy (non-hydrogen) atoms. The highest BCUT2D eigenvalue weighted by Crippen LogP contribution is 2.18. The summed E-state index contributed by atoms with van der Waals surface area (Å²) < 4.78 is 4.59. The van der Waals surface area contributed by atoms with Gasteiger partial charge in [0.2, 0.25) is 0 Å². The number of carbonyl (C=O) groups is 1. The van der Waals surface area contributed by atoms with E-state index in [4.69, 9.17) is 5.21 Å². The quantitative estimate of drug-likeness (QED) is 0.592. The van der Waals surface area contributed by atoms with Gasteiger partial charge in [0.05, 0.1) is 13.7 Å². The summed E-state index contributed by atoms with van der Waals surface area (Å²) in [5, 5.41) is 11.8. The zero-order valence-electron chi connectivity index (χ0n) is 7.48. The molecule has 0 aliphatic rings. The minimum atomic E-state index is -0.355. The SMILES string of the molecule is COC(=O)c1sccc1CN(C)O. The molecule has 0 atom stereocenters. The first-order chi connectivity index (χ1) is 6.15. The van der Waals surface area contributed by atoms with Crippen LogP contribution in [0.25, 0.3) is 0 Å². The largest absolute Gasteiger partial charge is 0.465 e. The van der Waals surface area contributed by atoms with Crippen molar-refractivity contribution in [1.29, 1.82) is 0 Å². The lowest BCUT2D eigenvalue weighted by molar-refractivity contribution is -0.0731. The lowest BCUT2D eigenvalue weighted by Gasteiger charge is -2.07. The van der Waals surface area contributed by atoms with Gasteiger partial charge >= 0.3 is 5.97 Å². The minimum absolute atomic E-state index is 0.327. The van der Waals surface area contributed by atoms with Crippen LogP contribution in [0.3, 0.4) is 0 Å². The number of ether oxygens (including phenoxy) is 1. The molecule has 1 rings (SSSR count). The Hall–Kier alpha value is -0.910. The van der Waals surface area contributed by atoms with E-state index in [1.807, 2.05) is 0 Å². The molecule has 0 spiro atoms. The molecule has 1 aromatic heterocycles. The van der Waals surface area contributed by atoms with Crippen LogP contribution in [0.4, 0.5) is 0 Å². The normalized spacial score (nSPS) is 10.5. The third kappa shape index (κ3) is 2.51. The van der Waals surface area contributed by atoms with Gasteiger partial charge in [0.15, 0.2) is 0 Å². The highest BCUT2D eigenvalue weighted by molar-refractivity contribution is 7.12. The highest BCUT2D eigenvalue weighted by atomic mass is 32.1. The van der Waals surface area contributed by atoms with E-state index in [1.165, 1.54) is 25.5 Å². The molecule has 0 aromatic carbocycles. The van der Waals surface area contributed by atoms with Gasteiger partial charge in [0, 0.05) is 7.05 Å². The Bertz CT molecular complexity index is 295. The van der Waals surface area contributed by atoms with Gasteiger partial charge in [-0.2, -0.15) is 5.06 Å². The number of nitrogens with zero attached hydrogens (tertiary/aromatic N) is 1. The van der Waals surface area contributed by atoms with E-state index in [2.05, 4.69) is 4.74 Å². The fourth-order valence-electron chi connectivity index (χ4n) is 0.979. The summed E-state index contributed by atoms with van der Waals surface area (Å²) in [6.45, 7) is 0.327. The molecule has 0 fully saturated rings. The Morgan fingerprint density at radius 1 is 1.77 bits per heavy atom. The number of hydrogen-bond donors (Lipinski definition) is 1. The van der Waals surface area contributed by atoms with Gasteiger partial charge in [0.25, 0.3) is 0 Å². The predicted octanol–water partition coefficient (Wildman–Crippen LogP) is 1.36. The van der Waals surface area contributed by atoms with E-state index < -0.39 is 0 Å². The summed E-state index contributed by atoms with van der Waals surface area (Å²) in [6, 6.07) is 1.80. The first-order valence-electron chi connectivity index (χ1n) is 3.70. The topological polar surface area (TPSA) is 49.8 Å². The molecule has 0 bridgehead atoms. The summed E-state index contributed by atoms with van der Waals surface area (Å²) in [6.07, 6.45) is 0. The molecular formula is C8H11NO3S. The molecule has 0 saturated carbocycles. The number of methoxy groups -OCH3 is 1. The van der Waals surface area contributed by atoms with E-state index >= 15 is 0 Å². The Morgan fingerprint density at radius 3 is 3.00 bits per heavy atom. The fourth-order valence-corrected chi connectivity index (χ4v) is 1.81. The van der Waals surface area contributed by atoms with Crippen LogP contribution in [0.1, 0.15) is 15.2 Å². The van der Waals surface area contributed by atoms with Gasteiger partial charge in [-0.05, 0) is 17.0 Å². The highest BCUT2D eigenvalue weighted by Gasteiger charge is 2.13. The van der Waals surface area contributed by atoms with E-state index in [9.17, 15) is 4.79 Å². The third-order valence-corrected chi connectivity index (χ3v) is 2.45. The number of hydroxylamine groups is 2. The number of esters is 1. The molecule has 0 amide bonds. The summed E-state index contributed by atoms with van der Waals surface area (Å²) in [5.74, 6) is -0.355. The van der Waals surface area contributed by atoms with Crippen LogP contribution in [0.5, 0.6) is 0 Å². The Kier molecular flexibility index (Phi) is 3.41. The lowest BCUT2D eigenvalue weighted by Crippen LogP contribution is -2.13. The van der Waals surface area contributed by atoms with Gasteiger partial charge in [-0.3, -0.25) is 0 Å². The molecule has 0 unspecified atom stereocenters. The fraction of sp³-hybridized carbons (Fsp3) is 0.375. The maximum Gasteiger partial charge on any atom is 0.348 e. The van der Waals surface area contributed by atoms with Crippen LogP contribution in [0, 0.1) is 0 Å². The molecule has 5 heteroatoms. The van der Waals surface area contributed by atoms with Gasteiger partial charge in [0.1, 0.15) is 4.88 Å². The molecular weight excluding hydrogens is 190 g/mol. The molecule has 0 aliphatic carbocycles. The molecule has 0 saturated heterocycles. The zero-order valence-corrected chi connectivity index (χ0v) is 8.30. The van der Waals surface area contributed by atoms with Crippen molar-refractivity contribution in [2.24, 2.45) is 0 Å². The Morgan fingerprint density at radius 2 is 2.46 bits per heavy atom. The van der Waals surface area contributed by atoms with E-state index in [-0.39, 0.29) is 5.97 Å². The van der Waals surface area contributed by atoms with Crippen molar-refractivity contribution >= 4 is 17.3 Å². The van der Waals surface area contributed by atoms with Gasteiger partial charge in [-0.1, -0.05) is 0 Å². The maximum absolute atomic E-state index is 11.2. The van der Waals surface area contributed by atoms with Crippen LogP contribution in [-0.2, 0) is 11.3 Å². The second-order valence-electron chi connectivity index (χ2n) is 2.58. The molecule has 1 N–H and O–H groups in total. The van der Waals surface area contributed by atoms with Crippen molar-refractivity contribution in [2.45, 2.75) is 6.54 Å². The lowest BCUT2D eigenvalue weighted by atomic mass is 10.2. The first kappa shape index (κ1) is 10.2. The predicted molar refractivity (Wildman–Crippen MR) is 48.9 cm³/mol. The van der Waals surface area contributed by atoms with Gasteiger partial charge in [-0.25, -0.2) is 4.79 Å². The van der Waals surface area contributed by atoms with Crippen molar-refractivity contribution in [3.8, 4) is 0 Å². The Balaban J connectivity index is 2.83. The number of hydrogen-bond acceptors (Lipinski definition) is 5. The molecule has 1 heterocycles. The zero-order chi connectivity index (χ0) is 9.84. The molecule has 1 aromatic rings. The summed E-state index contributed by atoms with van der Waals surface area (Å²) in [4.78, 5) is 11.7. The van der Waals surface area contributed by atoms with Crippen LogP contribution in [-0.4, -0.2) is 30.4 Å². The van der Waals surface area contributed by atoms with E-state index in [1.54, 1.807) is 11.4 Å². The summed E-state index contributed by atoms with van der Waals surface area (Å²) in [7, 11) is 2.87. The number of rotatable bonds is 3. The average molecular weight is 201 g/mol. The molecule has 0 aliphatic heterocycles. The van der Waals surface area contributed by atoms with E-state index in [0.717, 1.165) is 10.6 Å². The summed E-state index contributed by atoms with van der Waals surface area (Å²) >= 11 is 1.31. The number of carbonyl (C=O) groups excluding carboxylic acids is 1. The minimum Gasteiger partial charge on any atom is -0.465 e.